The van der Waals surface area contributed by atoms with Crippen molar-refractivity contribution in [2.24, 2.45) is 0 Å². The van der Waals surface area contributed by atoms with Gasteiger partial charge in [-0.25, -0.2) is 13.1 Å². The van der Waals surface area contributed by atoms with Crippen molar-refractivity contribution in [3.63, 3.8) is 0 Å². The van der Waals surface area contributed by atoms with Crippen molar-refractivity contribution in [1.29, 1.82) is 5.26 Å². The first kappa shape index (κ1) is 17.9. The predicted octanol–water partition coefficient (Wildman–Crippen LogP) is 3.82. The van der Waals surface area contributed by atoms with Crippen LogP contribution in [0.5, 0.6) is 0 Å². The summed E-state index contributed by atoms with van der Waals surface area (Å²) in [4.78, 5) is 0.0885. The van der Waals surface area contributed by atoms with Crippen LogP contribution in [0.3, 0.4) is 0 Å². The molecule has 0 heterocycles. The fraction of sp³-hybridized carbons (Fsp3) is 0.0952. The van der Waals surface area contributed by atoms with E-state index in [1.54, 1.807) is 12.1 Å². The smallest absolute Gasteiger partial charge is 0.207 e. The second-order valence-electron chi connectivity index (χ2n) is 5.91. The van der Waals surface area contributed by atoms with Crippen molar-refractivity contribution in [1.82, 2.24) is 4.72 Å². The molecule has 0 aliphatic heterocycles. The van der Waals surface area contributed by atoms with E-state index in [9.17, 15) is 8.42 Å². The summed E-state index contributed by atoms with van der Waals surface area (Å²) < 4.78 is 28.5. The maximum Gasteiger partial charge on any atom is 0.241 e. The Kier molecular flexibility index (Phi) is 5.47. The summed E-state index contributed by atoms with van der Waals surface area (Å²) in [6.07, 6.45) is 0.530. The number of sulfonamides is 1. The number of hydrogen-bond donors (Lipinski definition) is 1. The van der Waals surface area contributed by atoms with E-state index in [0.29, 0.717) is 12.0 Å². The summed E-state index contributed by atoms with van der Waals surface area (Å²) in [5.74, 6) is 0. The normalized spacial score (nSPS) is 12.3. The number of nitriles is 1. The molecule has 1 unspecified atom stereocenters. The van der Waals surface area contributed by atoms with Gasteiger partial charge in [0, 0.05) is 0 Å². The summed E-state index contributed by atoms with van der Waals surface area (Å²) in [5.41, 5.74) is 2.23. The van der Waals surface area contributed by atoms with Gasteiger partial charge >= 0.3 is 0 Å². The van der Waals surface area contributed by atoms with E-state index >= 15 is 0 Å². The maximum atomic E-state index is 12.9. The summed E-state index contributed by atoms with van der Waals surface area (Å²) in [5, 5.41) is 9.02. The summed E-state index contributed by atoms with van der Waals surface area (Å²) in [6, 6.07) is 26.8. The summed E-state index contributed by atoms with van der Waals surface area (Å²) in [7, 11) is -3.76. The van der Waals surface area contributed by atoms with Crippen LogP contribution in [0.2, 0.25) is 0 Å². The Labute approximate surface area is 153 Å². The highest BCUT2D eigenvalue weighted by atomic mass is 32.2. The summed E-state index contributed by atoms with van der Waals surface area (Å²) >= 11 is 0. The fourth-order valence-corrected chi connectivity index (χ4v) is 4.02. The minimum atomic E-state index is -3.76. The van der Waals surface area contributed by atoms with Gasteiger partial charge in [-0.15, -0.1) is 0 Å². The standard InChI is InChI=1S/C21H18N2O2S/c22-16-18-10-7-13-20(14-18)26(24,25)23-21(19-11-5-2-6-12-19)15-17-8-3-1-4-9-17/h1-14,21,23H,15H2. The van der Waals surface area contributed by atoms with E-state index in [4.69, 9.17) is 5.26 Å². The largest absolute Gasteiger partial charge is 0.241 e. The molecule has 3 aromatic carbocycles. The first-order valence-corrected chi connectivity index (χ1v) is 9.68. The molecule has 0 aliphatic rings. The Morgan fingerprint density at radius 1 is 0.885 bits per heavy atom. The number of nitrogens with zero attached hydrogens (tertiary/aromatic N) is 1. The van der Waals surface area contributed by atoms with Gasteiger partial charge in [0.15, 0.2) is 0 Å². The van der Waals surface area contributed by atoms with Crippen molar-refractivity contribution >= 4 is 10.0 Å². The lowest BCUT2D eigenvalue weighted by molar-refractivity contribution is 0.555. The van der Waals surface area contributed by atoms with E-state index in [2.05, 4.69) is 4.72 Å². The minimum Gasteiger partial charge on any atom is -0.207 e. The highest BCUT2D eigenvalue weighted by molar-refractivity contribution is 7.89. The van der Waals surface area contributed by atoms with Crippen LogP contribution in [-0.4, -0.2) is 8.42 Å². The zero-order valence-corrected chi connectivity index (χ0v) is 14.9. The fourth-order valence-electron chi connectivity index (χ4n) is 2.75. The highest BCUT2D eigenvalue weighted by Gasteiger charge is 2.22. The van der Waals surface area contributed by atoms with Crippen LogP contribution in [-0.2, 0) is 16.4 Å². The van der Waals surface area contributed by atoms with Gasteiger partial charge in [0.1, 0.15) is 0 Å². The van der Waals surface area contributed by atoms with Gasteiger partial charge in [-0.3, -0.25) is 0 Å². The Hall–Kier alpha value is -2.94. The quantitative estimate of drug-likeness (QED) is 0.725. The average Bonchev–Trinajstić information content (AvgIpc) is 2.69. The zero-order valence-electron chi connectivity index (χ0n) is 14.0. The lowest BCUT2D eigenvalue weighted by atomic mass is 10.00. The topological polar surface area (TPSA) is 70.0 Å². The third-order valence-electron chi connectivity index (χ3n) is 4.06. The molecule has 0 aromatic heterocycles. The summed E-state index contributed by atoms with van der Waals surface area (Å²) in [6.45, 7) is 0. The zero-order chi connectivity index (χ0) is 18.4. The molecule has 0 fully saturated rings. The van der Waals surface area contributed by atoms with Crippen molar-refractivity contribution in [2.45, 2.75) is 17.4 Å². The first-order valence-electron chi connectivity index (χ1n) is 8.20. The van der Waals surface area contributed by atoms with Gasteiger partial charge in [-0.05, 0) is 35.7 Å². The molecule has 0 spiro atoms. The molecule has 3 rings (SSSR count). The SMILES string of the molecule is N#Cc1cccc(S(=O)(=O)NC(Cc2ccccc2)c2ccccc2)c1. The van der Waals surface area contributed by atoms with Gasteiger partial charge < -0.3 is 0 Å². The number of nitrogens with one attached hydrogen (secondary N) is 1. The lowest BCUT2D eigenvalue weighted by Gasteiger charge is -2.19. The highest BCUT2D eigenvalue weighted by Crippen LogP contribution is 2.22. The Morgan fingerprint density at radius 2 is 1.54 bits per heavy atom. The first-order chi connectivity index (χ1) is 12.6. The van der Waals surface area contributed by atoms with E-state index in [1.807, 2.05) is 66.7 Å². The molecule has 130 valence electrons. The van der Waals surface area contributed by atoms with Crippen LogP contribution in [0.1, 0.15) is 22.7 Å². The maximum absolute atomic E-state index is 12.9. The van der Waals surface area contributed by atoms with Gasteiger partial charge in [-0.2, -0.15) is 5.26 Å². The molecule has 0 aliphatic carbocycles. The van der Waals surface area contributed by atoms with Gasteiger partial charge in [0.2, 0.25) is 10.0 Å². The molecule has 26 heavy (non-hydrogen) atoms. The molecule has 0 saturated carbocycles. The third-order valence-corrected chi connectivity index (χ3v) is 5.52. The monoisotopic (exact) mass is 362 g/mol. The molecule has 1 N–H and O–H groups in total. The Morgan fingerprint density at radius 3 is 2.19 bits per heavy atom. The van der Waals surface area contributed by atoms with Crippen molar-refractivity contribution in [3.8, 4) is 6.07 Å². The molecule has 0 amide bonds. The van der Waals surface area contributed by atoms with E-state index < -0.39 is 16.1 Å². The number of rotatable bonds is 6. The van der Waals surface area contributed by atoms with Crippen LogP contribution in [0.25, 0.3) is 0 Å². The van der Waals surface area contributed by atoms with E-state index in [1.165, 1.54) is 12.1 Å². The number of benzene rings is 3. The predicted molar refractivity (Wildman–Crippen MR) is 101 cm³/mol. The third kappa shape index (κ3) is 4.37. The molecular weight excluding hydrogens is 344 g/mol. The second-order valence-corrected chi connectivity index (χ2v) is 7.63. The van der Waals surface area contributed by atoms with Crippen LogP contribution < -0.4 is 4.72 Å². The second kappa shape index (κ2) is 7.96. The van der Waals surface area contributed by atoms with Crippen LogP contribution >= 0.6 is 0 Å². The van der Waals surface area contributed by atoms with Gasteiger partial charge in [0.05, 0.1) is 22.6 Å². The molecule has 0 saturated heterocycles. The van der Waals surface area contributed by atoms with E-state index in [0.717, 1.165) is 11.1 Å². The molecule has 0 radical (unpaired) electrons. The molecular formula is C21H18N2O2S. The molecule has 3 aromatic rings. The molecule has 4 nitrogen and oxygen atoms in total. The molecule has 5 heteroatoms. The Balaban J connectivity index is 1.93. The van der Waals surface area contributed by atoms with Gasteiger partial charge in [0.25, 0.3) is 0 Å². The van der Waals surface area contributed by atoms with Crippen molar-refractivity contribution < 1.29 is 8.42 Å². The average molecular weight is 362 g/mol. The Bertz CT molecular complexity index is 1010. The molecule has 1 atom stereocenters. The van der Waals surface area contributed by atoms with Crippen LogP contribution in [0, 0.1) is 11.3 Å². The number of hydrogen-bond acceptors (Lipinski definition) is 3. The molecule has 0 bridgehead atoms. The van der Waals surface area contributed by atoms with Gasteiger partial charge in [-0.1, -0.05) is 66.7 Å². The van der Waals surface area contributed by atoms with Crippen LogP contribution in [0.4, 0.5) is 0 Å². The van der Waals surface area contributed by atoms with E-state index in [-0.39, 0.29) is 4.90 Å². The lowest BCUT2D eigenvalue weighted by Crippen LogP contribution is -2.30. The minimum absolute atomic E-state index is 0.0885. The van der Waals surface area contributed by atoms with Crippen LogP contribution in [0.15, 0.2) is 89.8 Å². The van der Waals surface area contributed by atoms with Crippen molar-refractivity contribution in [2.75, 3.05) is 0 Å². The van der Waals surface area contributed by atoms with Crippen molar-refractivity contribution in [3.05, 3.63) is 102 Å².